The number of furan rings is 1. The number of halogens is 1. The van der Waals surface area contributed by atoms with Crippen molar-refractivity contribution in [3.63, 3.8) is 0 Å². The van der Waals surface area contributed by atoms with Gasteiger partial charge < -0.3 is 9.73 Å². The first kappa shape index (κ1) is 13.9. The third-order valence-electron chi connectivity index (χ3n) is 3.48. The van der Waals surface area contributed by atoms with E-state index in [1.165, 1.54) is 0 Å². The van der Waals surface area contributed by atoms with E-state index in [4.69, 9.17) is 16.0 Å². The van der Waals surface area contributed by atoms with Crippen molar-refractivity contribution in [3.8, 4) is 0 Å². The van der Waals surface area contributed by atoms with Crippen molar-refractivity contribution in [1.82, 2.24) is 9.97 Å². The van der Waals surface area contributed by atoms with E-state index in [-0.39, 0.29) is 11.3 Å². The van der Waals surface area contributed by atoms with Gasteiger partial charge in [-0.3, -0.25) is 0 Å². The third kappa shape index (κ3) is 2.72. The smallest absolute Gasteiger partial charge is 0.224 e. The van der Waals surface area contributed by atoms with Gasteiger partial charge in [-0.05, 0) is 50.6 Å². The zero-order chi connectivity index (χ0) is 15.0. The molecule has 1 unspecified atom stereocenters. The Hall–Kier alpha value is -2.07. The monoisotopic (exact) mass is 301 g/mol. The van der Waals surface area contributed by atoms with Crippen molar-refractivity contribution >= 4 is 28.3 Å². The molecule has 0 saturated heterocycles. The van der Waals surface area contributed by atoms with Crippen LogP contribution in [0.4, 0.5) is 5.82 Å². The van der Waals surface area contributed by atoms with Crippen LogP contribution in [0.1, 0.15) is 30.0 Å². The number of benzene rings is 1. The molecular weight excluding hydrogens is 286 g/mol. The quantitative estimate of drug-likeness (QED) is 0.714. The number of anilines is 1. The molecule has 1 N–H and O–H groups in total. The summed E-state index contributed by atoms with van der Waals surface area (Å²) in [5, 5.41) is 4.59. The fourth-order valence-corrected chi connectivity index (χ4v) is 2.70. The van der Waals surface area contributed by atoms with Crippen molar-refractivity contribution < 1.29 is 4.42 Å². The maximum Gasteiger partial charge on any atom is 0.224 e. The van der Waals surface area contributed by atoms with Gasteiger partial charge in [0.1, 0.15) is 17.3 Å². The highest BCUT2D eigenvalue weighted by molar-refractivity contribution is 6.28. The molecule has 0 amide bonds. The Balaban J connectivity index is 1.99. The molecule has 2 heterocycles. The summed E-state index contributed by atoms with van der Waals surface area (Å²) in [6.07, 6.45) is 0. The van der Waals surface area contributed by atoms with Crippen LogP contribution in [0.5, 0.6) is 0 Å². The number of para-hydroxylation sites is 1. The fraction of sp³-hybridized carbons (Fsp3) is 0.250. The summed E-state index contributed by atoms with van der Waals surface area (Å²) >= 11 is 6.01. The number of aromatic nitrogens is 2. The first-order chi connectivity index (χ1) is 10.0. The Morgan fingerprint density at radius 2 is 1.95 bits per heavy atom. The van der Waals surface area contributed by atoms with Crippen molar-refractivity contribution in [1.29, 1.82) is 0 Å². The molecule has 0 fully saturated rings. The lowest BCUT2D eigenvalue weighted by Gasteiger charge is -2.15. The van der Waals surface area contributed by atoms with Gasteiger partial charge in [0, 0.05) is 10.9 Å². The van der Waals surface area contributed by atoms with Gasteiger partial charge in [0.15, 0.2) is 0 Å². The lowest BCUT2D eigenvalue weighted by molar-refractivity contribution is 0.500. The molecule has 108 valence electrons. The molecule has 3 rings (SSSR count). The minimum Gasteiger partial charge on any atom is -0.466 e. The standard InChI is InChI=1S/C16H16ClN3O/c1-9-8-13(11(3)21-9)10(2)18-15-12-6-4-5-7-14(12)19-16(17)20-15/h4-8,10H,1-3H3,(H,18,19,20). The number of nitrogens with zero attached hydrogens (tertiary/aromatic N) is 2. The van der Waals surface area contributed by atoms with Gasteiger partial charge in [0.25, 0.3) is 0 Å². The molecule has 0 saturated carbocycles. The van der Waals surface area contributed by atoms with Gasteiger partial charge in [-0.15, -0.1) is 0 Å². The third-order valence-corrected chi connectivity index (χ3v) is 3.64. The van der Waals surface area contributed by atoms with Crippen LogP contribution in [0.3, 0.4) is 0 Å². The Kier molecular flexibility index (Phi) is 3.55. The van der Waals surface area contributed by atoms with Crippen molar-refractivity contribution in [3.05, 3.63) is 52.7 Å². The van der Waals surface area contributed by atoms with E-state index >= 15 is 0 Å². The van der Waals surface area contributed by atoms with Crippen LogP contribution in [-0.2, 0) is 0 Å². The van der Waals surface area contributed by atoms with Gasteiger partial charge in [-0.25, -0.2) is 9.97 Å². The number of aryl methyl sites for hydroxylation is 2. The average Bonchev–Trinajstić information content (AvgIpc) is 2.77. The fourth-order valence-electron chi connectivity index (χ4n) is 2.52. The molecule has 21 heavy (non-hydrogen) atoms. The molecule has 0 bridgehead atoms. The molecule has 0 aliphatic rings. The molecule has 3 aromatic rings. The lowest BCUT2D eigenvalue weighted by Crippen LogP contribution is -2.09. The summed E-state index contributed by atoms with van der Waals surface area (Å²) in [5.74, 6) is 2.55. The molecular formula is C16H16ClN3O. The Morgan fingerprint density at radius 3 is 2.67 bits per heavy atom. The summed E-state index contributed by atoms with van der Waals surface area (Å²) in [5.41, 5.74) is 1.94. The lowest BCUT2D eigenvalue weighted by atomic mass is 10.1. The molecule has 0 spiro atoms. The summed E-state index contributed by atoms with van der Waals surface area (Å²) in [6.45, 7) is 5.98. The maximum atomic E-state index is 6.01. The van der Waals surface area contributed by atoms with E-state index in [0.29, 0.717) is 0 Å². The normalized spacial score (nSPS) is 12.6. The van der Waals surface area contributed by atoms with Crippen molar-refractivity contribution in [2.45, 2.75) is 26.8 Å². The average molecular weight is 302 g/mol. The molecule has 0 aliphatic carbocycles. The van der Waals surface area contributed by atoms with Crippen LogP contribution in [-0.4, -0.2) is 9.97 Å². The van der Waals surface area contributed by atoms with Crippen LogP contribution in [0.25, 0.3) is 10.9 Å². The van der Waals surface area contributed by atoms with Crippen LogP contribution >= 0.6 is 11.6 Å². The van der Waals surface area contributed by atoms with E-state index in [9.17, 15) is 0 Å². The van der Waals surface area contributed by atoms with E-state index in [0.717, 1.165) is 33.8 Å². The highest BCUT2D eigenvalue weighted by atomic mass is 35.5. The molecule has 1 atom stereocenters. The minimum atomic E-state index is 0.0665. The van der Waals surface area contributed by atoms with Crippen LogP contribution in [0.15, 0.2) is 34.7 Å². The van der Waals surface area contributed by atoms with E-state index in [1.54, 1.807) is 0 Å². The molecule has 2 aromatic heterocycles. The van der Waals surface area contributed by atoms with Crippen molar-refractivity contribution in [2.75, 3.05) is 5.32 Å². The van der Waals surface area contributed by atoms with Crippen LogP contribution in [0, 0.1) is 13.8 Å². The zero-order valence-corrected chi connectivity index (χ0v) is 12.9. The number of hydrogen-bond acceptors (Lipinski definition) is 4. The van der Waals surface area contributed by atoms with Crippen LogP contribution in [0.2, 0.25) is 5.28 Å². The minimum absolute atomic E-state index is 0.0665. The summed E-state index contributed by atoms with van der Waals surface area (Å²) in [6, 6.07) is 9.90. The second kappa shape index (κ2) is 5.37. The number of nitrogens with one attached hydrogen (secondary N) is 1. The summed E-state index contributed by atoms with van der Waals surface area (Å²) < 4.78 is 5.59. The van der Waals surface area contributed by atoms with Gasteiger partial charge in [-0.2, -0.15) is 0 Å². The Bertz CT molecular complexity index is 797. The first-order valence-electron chi connectivity index (χ1n) is 6.80. The molecule has 0 radical (unpaired) electrons. The van der Waals surface area contributed by atoms with Gasteiger partial charge >= 0.3 is 0 Å². The Labute approximate surface area is 128 Å². The second-order valence-electron chi connectivity index (χ2n) is 5.09. The van der Waals surface area contributed by atoms with Crippen molar-refractivity contribution in [2.24, 2.45) is 0 Å². The number of hydrogen-bond donors (Lipinski definition) is 1. The SMILES string of the molecule is Cc1cc(C(C)Nc2nc(Cl)nc3ccccc23)c(C)o1. The molecule has 1 aromatic carbocycles. The summed E-state index contributed by atoms with van der Waals surface area (Å²) in [4.78, 5) is 8.55. The van der Waals surface area contributed by atoms with E-state index < -0.39 is 0 Å². The zero-order valence-electron chi connectivity index (χ0n) is 12.1. The highest BCUT2D eigenvalue weighted by Crippen LogP contribution is 2.28. The van der Waals surface area contributed by atoms with E-state index in [2.05, 4.69) is 22.2 Å². The largest absolute Gasteiger partial charge is 0.466 e. The number of fused-ring (bicyclic) bond motifs is 1. The first-order valence-corrected chi connectivity index (χ1v) is 7.18. The van der Waals surface area contributed by atoms with Gasteiger partial charge in [-0.1, -0.05) is 12.1 Å². The van der Waals surface area contributed by atoms with E-state index in [1.807, 2.05) is 44.2 Å². The van der Waals surface area contributed by atoms with Crippen LogP contribution < -0.4 is 5.32 Å². The van der Waals surface area contributed by atoms with Gasteiger partial charge in [0.2, 0.25) is 5.28 Å². The maximum absolute atomic E-state index is 6.01. The predicted octanol–water partition coefficient (Wildman–Crippen LogP) is 4.67. The topological polar surface area (TPSA) is 51.0 Å². The predicted molar refractivity (Wildman–Crippen MR) is 84.8 cm³/mol. The van der Waals surface area contributed by atoms with Gasteiger partial charge in [0.05, 0.1) is 11.6 Å². The summed E-state index contributed by atoms with van der Waals surface area (Å²) in [7, 11) is 0. The Morgan fingerprint density at radius 1 is 1.19 bits per heavy atom. The number of rotatable bonds is 3. The molecule has 5 heteroatoms. The second-order valence-corrected chi connectivity index (χ2v) is 5.43. The molecule has 0 aliphatic heterocycles. The molecule has 4 nitrogen and oxygen atoms in total. The highest BCUT2D eigenvalue weighted by Gasteiger charge is 2.15.